The molecule has 134 valence electrons. The van der Waals surface area contributed by atoms with Crippen LogP contribution in [-0.4, -0.2) is 41.6 Å². The number of carbonyl (C=O) groups is 2. The van der Waals surface area contributed by atoms with Crippen LogP contribution in [0.2, 0.25) is 5.02 Å². The van der Waals surface area contributed by atoms with E-state index in [0.717, 1.165) is 10.5 Å². The van der Waals surface area contributed by atoms with E-state index in [1.54, 1.807) is 24.4 Å². The maximum Gasteiger partial charge on any atom is 0.339 e. The van der Waals surface area contributed by atoms with Crippen molar-refractivity contribution in [3.8, 4) is 0 Å². The molecule has 0 spiro atoms. The number of nitrogens with zero attached hydrogens (tertiary/aromatic N) is 1. The van der Waals surface area contributed by atoms with Gasteiger partial charge < -0.3 is 15.4 Å². The number of ether oxygens (including phenoxy) is 1. The van der Waals surface area contributed by atoms with E-state index in [2.05, 4.69) is 0 Å². The molecule has 5 nitrogen and oxygen atoms in total. The number of ketones is 1. The van der Waals surface area contributed by atoms with Crippen molar-refractivity contribution in [1.29, 1.82) is 0 Å². The van der Waals surface area contributed by atoms with Crippen LogP contribution in [0.15, 0.2) is 47.0 Å². The van der Waals surface area contributed by atoms with Crippen LogP contribution < -0.4 is 5.73 Å². The summed E-state index contributed by atoms with van der Waals surface area (Å²) in [5, 5.41) is 0.648. The number of halogens is 2. The number of benzene rings is 1. The summed E-state index contributed by atoms with van der Waals surface area (Å²) in [5.41, 5.74) is 7.34. The second kappa shape index (κ2) is 8.27. The first kappa shape index (κ1) is 19.8. The summed E-state index contributed by atoms with van der Waals surface area (Å²) >= 11 is 7.43. The van der Waals surface area contributed by atoms with Gasteiger partial charge in [-0.1, -0.05) is 23.7 Å². The van der Waals surface area contributed by atoms with Crippen molar-refractivity contribution < 1.29 is 14.3 Å². The zero-order chi connectivity index (χ0) is 17.3. The van der Waals surface area contributed by atoms with E-state index in [-0.39, 0.29) is 18.2 Å². The van der Waals surface area contributed by atoms with Crippen molar-refractivity contribution in [1.82, 2.24) is 4.90 Å². The van der Waals surface area contributed by atoms with Crippen molar-refractivity contribution in [3.05, 3.63) is 57.6 Å². The molecule has 1 fully saturated rings. The van der Waals surface area contributed by atoms with Gasteiger partial charge >= 0.3 is 5.97 Å². The highest BCUT2D eigenvalue weighted by Crippen LogP contribution is 2.35. The van der Waals surface area contributed by atoms with Gasteiger partial charge in [0, 0.05) is 28.4 Å². The average molecular weight is 401 g/mol. The van der Waals surface area contributed by atoms with Gasteiger partial charge in [0.15, 0.2) is 5.78 Å². The molecule has 2 N–H and O–H groups in total. The molecule has 1 aromatic carbocycles. The first-order valence-corrected chi connectivity index (χ1v) is 8.80. The number of fused-ring (bicyclic) bond motifs is 1. The number of thioether (sulfide) groups is 1. The first-order valence-electron chi connectivity index (χ1n) is 7.43. The number of methoxy groups -OCH3 is 1. The highest BCUT2D eigenvalue weighted by molar-refractivity contribution is 8.03. The highest BCUT2D eigenvalue weighted by Gasteiger charge is 2.39. The summed E-state index contributed by atoms with van der Waals surface area (Å²) in [5.74, 6) is 0.0591. The predicted octanol–water partition coefficient (Wildman–Crippen LogP) is 2.53. The Hall–Kier alpha value is -1.47. The molecule has 3 rings (SSSR count). The van der Waals surface area contributed by atoms with Crippen LogP contribution >= 0.6 is 35.8 Å². The van der Waals surface area contributed by atoms with E-state index in [9.17, 15) is 9.59 Å². The van der Waals surface area contributed by atoms with E-state index in [1.807, 2.05) is 17.0 Å². The maximum absolute atomic E-state index is 12.6. The zero-order valence-electron chi connectivity index (χ0n) is 13.5. The minimum absolute atomic E-state index is 0. The van der Waals surface area contributed by atoms with Crippen LogP contribution in [-0.2, 0) is 20.9 Å². The van der Waals surface area contributed by atoms with E-state index in [4.69, 9.17) is 22.1 Å². The van der Waals surface area contributed by atoms with Crippen LogP contribution in [0.4, 0.5) is 0 Å². The molecule has 1 unspecified atom stereocenters. The topological polar surface area (TPSA) is 72.6 Å². The number of esters is 1. The Labute approximate surface area is 161 Å². The second-order valence-corrected chi connectivity index (χ2v) is 7.17. The Morgan fingerprint density at radius 1 is 1.40 bits per heavy atom. The summed E-state index contributed by atoms with van der Waals surface area (Å²) in [4.78, 5) is 27.2. The molecule has 1 saturated heterocycles. The standard InChI is InChI=1S/C17H17ClN2O3S.ClH/c1-23-17(22)11-6-14-15(16(21)13(19)9-24-14)20(8-11)7-10-2-4-12(18)5-3-10;/h2-6,8,13,15H,7,9,19H2,1H3;1H/t13-,15?;/m0./s1. The number of nitrogens with two attached hydrogens (primary N) is 1. The second-order valence-electron chi connectivity index (χ2n) is 5.64. The Balaban J connectivity index is 0.00000225. The monoisotopic (exact) mass is 400 g/mol. The van der Waals surface area contributed by atoms with E-state index in [1.165, 1.54) is 18.9 Å². The van der Waals surface area contributed by atoms with Gasteiger partial charge in [-0.15, -0.1) is 24.2 Å². The summed E-state index contributed by atoms with van der Waals surface area (Å²) in [6.45, 7) is 0.471. The van der Waals surface area contributed by atoms with Crippen LogP contribution in [0.3, 0.4) is 0 Å². The molecule has 8 heteroatoms. The van der Waals surface area contributed by atoms with Gasteiger partial charge in [0.05, 0.1) is 18.7 Å². The van der Waals surface area contributed by atoms with Gasteiger partial charge in [-0.3, -0.25) is 4.79 Å². The Kier molecular flexibility index (Phi) is 6.57. The molecule has 0 bridgehead atoms. The average Bonchev–Trinajstić information content (AvgIpc) is 2.59. The molecule has 0 amide bonds. The van der Waals surface area contributed by atoms with Gasteiger partial charge in [-0.25, -0.2) is 4.79 Å². The Bertz CT molecular complexity index is 734. The number of Topliss-reactive ketones (excluding diaryl/α,β-unsaturated/α-hetero) is 1. The van der Waals surface area contributed by atoms with Crippen molar-refractivity contribution >= 4 is 47.5 Å². The van der Waals surface area contributed by atoms with Crippen LogP contribution in [0.1, 0.15) is 5.56 Å². The van der Waals surface area contributed by atoms with E-state index < -0.39 is 18.1 Å². The SMILES string of the molecule is COC(=O)C1=CN(Cc2ccc(Cl)cc2)C2C(=O)[C@@H](N)CSC2=C1.Cl. The molecule has 2 atom stereocenters. The van der Waals surface area contributed by atoms with Gasteiger partial charge in [0.1, 0.15) is 6.04 Å². The number of hydrogen-bond acceptors (Lipinski definition) is 6. The Morgan fingerprint density at radius 3 is 2.72 bits per heavy atom. The molecule has 1 aromatic rings. The molecule has 2 heterocycles. The summed E-state index contributed by atoms with van der Waals surface area (Å²) in [6, 6.07) is 6.43. The fourth-order valence-electron chi connectivity index (χ4n) is 2.75. The van der Waals surface area contributed by atoms with Crippen LogP contribution in [0.5, 0.6) is 0 Å². The quantitative estimate of drug-likeness (QED) is 0.785. The lowest BCUT2D eigenvalue weighted by molar-refractivity contribution is -0.136. The largest absolute Gasteiger partial charge is 0.465 e. The first-order chi connectivity index (χ1) is 11.5. The smallest absolute Gasteiger partial charge is 0.339 e. The summed E-state index contributed by atoms with van der Waals surface area (Å²) < 4.78 is 4.82. The third kappa shape index (κ3) is 4.20. The maximum atomic E-state index is 12.6. The molecule has 0 radical (unpaired) electrons. The van der Waals surface area contributed by atoms with Crippen molar-refractivity contribution in [2.45, 2.75) is 18.6 Å². The minimum Gasteiger partial charge on any atom is -0.465 e. The molecule has 2 aliphatic rings. The van der Waals surface area contributed by atoms with Crippen molar-refractivity contribution in [2.75, 3.05) is 12.9 Å². The highest BCUT2D eigenvalue weighted by atomic mass is 35.5. The van der Waals surface area contributed by atoms with Gasteiger partial charge in [-0.2, -0.15) is 0 Å². The van der Waals surface area contributed by atoms with Crippen LogP contribution in [0.25, 0.3) is 0 Å². The fraction of sp³-hybridized carbons (Fsp3) is 0.294. The third-order valence-corrected chi connectivity index (χ3v) is 5.42. The molecule has 2 aliphatic heterocycles. The Morgan fingerprint density at radius 2 is 2.08 bits per heavy atom. The van der Waals surface area contributed by atoms with Gasteiger partial charge in [0.25, 0.3) is 0 Å². The summed E-state index contributed by atoms with van der Waals surface area (Å²) in [6.07, 6.45) is 3.40. The van der Waals surface area contributed by atoms with Crippen LogP contribution in [0, 0.1) is 0 Å². The third-order valence-electron chi connectivity index (χ3n) is 3.97. The predicted molar refractivity (Wildman–Crippen MR) is 102 cm³/mol. The molecule has 0 saturated carbocycles. The van der Waals surface area contributed by atoms with E-state index in [0.29, 0.717) is 22.9 Å². The molecule has 0 aliphatic carbocycles. The minimum atomic E-state index is -0.502. The summed E-state index contributed by atoms with van der Waals surface area (Å²) in [7, 11) is 1.34. The van der Waals surface area contributed by atoms with Crippen molar-refractivity contribution in [3.63, 3.8) is 0 Å². The molecular formula is C17H18Cl2N2O3S. The molecular weight excluding hydrogens is 383 g/mol. The lowest BCUT2D eigenvalue weighted by Crippen LogP contribution is -2.52. The number of carbonyl (C=O) groups excluding carboxylic acids is 2. The van der Waals surface area contributed by atoms with Gasteiger partial charge in [-0.05, 0) is 23.8 Å². The number of hydrogen-bond donors (Lipinski definition) is 1. The normalized spacial score (nSPS) is 22.4. The lowest BCUT2D eigenvalue weighted by atomic mass is 9.99. The van der Waals surface area contributed by atoms with Gasteiger partial charge in [0.2, 0.25) is 0 Å². The molecule has 0 aromatic heterocycles. The van der Waals surface area contributed by atoms with Crippen molar-refractivity contribution in [2.24, 2.45) is 5.73 Å². The molecule has 25 heavy (non-hydrogen) atoms. The lowest BCUT2D eigenvalue weighted by Gasteiger charge is -2.38. The zero-order valence-corrected chi connectivity index (χ0v) is 15.9. The fourth-order valence-corrected chi connectivity index (χ4v) is 4.03. The van der Waals surface area contributed by atoms with E-state index >= 15 is 0 Å². The number of rotatable bonds is 3.